The summed E-state index contributed by atoms with van der Waals surface area (Å²) in [6.45, 7) is 2.00. The predicted octanol–water partition coefficient (Wildman–Crippen LogP) is 4.08. The van der Waals surface area contributed by atoms with Crippen LogP contribution in [0, 0.1) is 11.6 Å². The number of hydrogen-bond donors (Lipinski definition) is 0. The van der Waals surface area contributed by atoms with Crippen molar-refractivity contribution in [1.82, 2.24) is 4.98 Å². The summed E-state index contributed by atoms with van der Waals surface area (Å²) in [7, 11) is 0. The van der Waals surface area contributed by atoms with Gasteiger partial charge in [0.25, 0.3) is 0 Å². The summed E-state index contributed by atoms with van der Waals surface area (Å²) in [5, 5.41) is 2.69. The van der Waals surface area contributed by atoms with Crippen molar-refractivity contribution in [1.29, 1.82) is 0 Å². The molecule has 5 heteroatoms. The predicted molar refractivity (Wildman–Crippen MR) is 73.5 cm³/mol. The van der Waals surface area contributed by atoms with Crippen LogP contribution in [0.3, 0.4) is 0 Å². The Kier molecular flexibility index (Phi) is 3.46. The van der Waals surface area contributed by atoms with Crippen LogP contribution in [-0.2, 0) is 0 Å². The van der Waals surface area contributed by atoms with E-state index in [1.54, 1.807) is 5.38 Å². The van der Waals surface area contributed by atoms with Gasteiger partial charge in [0, 0.05) is 24.0 Å². The van der Waals surface area contributed by atoms with E-state index in [1.165, 1.54) is 36.7 Å². The first-order chi connectivity index (χ1) is 9.24. The fraction of sp³-hybridized carbons (Fsp3) is 0.357. The molecule has 0 N–H and O–H groups in total. The van der Waals surface area contributed by atoms with E-state index in [1.807, 2.05) is 0 Å². The number of hydrogen-bond acceptors (Lipinski definition) is 3. The molecule has 0 amide bonds. The second-order valence-electron chi connectivity index (χ2n) is 4.69. The van der Waals surface area contributed by atoms with E-state index in [9.17, 15) is 8.78 Å². The van der Waals surface area contributed by atoms with Crippen LogP contribution in [0.15, 0.2) is 23.6 Å². The zero-order valence-corrected chi connectivity index (χ0v) is 11.2. The highest BCUT2D eigenvalue weighted by atomic mass is 32.1. The van der Waals surface area contributed by atoms with Crippen molar-refractivity contribution < 1.29 is 8.78 Å². The molecule has 0 radical (unpaired) electrons. The lowest BCUT2D eigenvalue weighted by Gasteiger charge is -2.25. The van der Waals surface area contributed by atoms with E-state index in [4.69, 9.17) is 0 Å². The first-order valence-corrected chi connectivity index (χ1v) is 7.28. The van der Waals surface area contributed by atoms with Gasteiger partial charge in [-0.2, -0.15) is 0 Å². The van der Waals surface area contributed by atoms with Gasteiger partial charge in [-0.1, -0.05) is 0 Å². The monoisotopic (exact) mass is 280 g/mol. The van der Waals surface area contributed by atoms with Gasteiger partial charge in [0.15, 0.2) is 5.13 Å². The minimum absolute atomic E-state index is 0.236. The Morgan fingerprint density at radius 1 is 1.11 bits per heavy atom. The van der Waals surface area contributed by atoms with Crippen LogP contribution in [0.5, 0.6) is 0 Å². The van der Waals surface area contributed by atoms with Crippen LogP contribution in [0.2, 0.25) is 0 Å². The van der Waals surface area contributed by atoms with Crippen molar-refractivity contribution in [3.63, 3.8) is 0 Å². The van der Waals surface area contributed by atoms with Crippen molar-refractivity contribution >= 4 is 16.5 Å². The summed E-state index contributed by atoms with van der Waals surface area (Å²) in [4.78, 5) is 6.66. The Hall–Kier alpha value is -1.49. The lowest BCUT2D eigenvalue weighted by molar-refractivity contribution is 0.577. The summed E-state index contributed by atoms with van der Waals surface area (Å²) >= 11 is 1.49. The van der Waals surface area contributed by atoms with Gasteiger partial charge in [0.1, 0.15) is 11.6 Å². The minimum Gasteiger partial charge on any atom is -0.348 e. The number of halogens is 2. The summed E-state index contributed by atoms with van der Waals surface area (Å²) in [5.41, 5.74) is 0.752. The number of piperidine rings is 1. The van der Waals surface area contributed by atoms with Crippen molar-refractivity contribution in [2.45, 2.75) is 19.3 Å². The van der Waals surface area contributed by atoms with Crippen LogP contribution >= 0.6 is 11.3 Å². The van der Waals surface area contributed by atoms with Crippen LogP contribution in [0.25, 0.3) is 11.3 Å². The van der Waals surface area contributed by atoms with Crippen molar-refractivity contribution in [3.05, 3.63) is 35.2 Å². The topological polar surface area (TPSA) is 16.1 Å². The number of nitrogens with zero attached hydrogens (tertiary/aromatic N) is 2. The van der Waals surface area contributed by atoms with Gasteiger partial charge in [0.05, 0.1) is 5.69 Å². The van der Waals surface area contributed by atoms with E-state index in [0.717, 1.165) is 30.4 Å². The molecule has 0 bridgehead atoms. The van der Waals surface area contributed by atoms with Gasteiger partial charge in [-0.05, 0) is 37.5 Å². The molecule has 2 aromatic rings. The zero-order chi connectivity index (χ0) is 13.2. The molecule has 0 spiro atoms. The van der Waals surface area contributed by atoms with Crippen LogP contribution in [0.1, 0.15) is 19.3 Å². The fourth-order valence-corrected chi connectivity index (χ4v) is 3.19. The van der Waals surface area contributed by atoms with Gasteiger partial charge in [0.2, 0.25) is 0 Å². The first kappa shape index (κ1) is 12.5. The van der Waals surface area contributed by atoms with E-state index < -0.39 is 11.6 Å². The molecular weight excluding hydrogens is 266 g/mol. The molecule has 3 rings (SSSR count). The normalized spacial score (nSPS) is 15.8. The number of thiazole rings is 1. The van der Waals surface area contributed by atoms with E-state index in [0.29, 0.717) is 5.69 Å². The molecule has 100 valence electrons. The van der Waals surface area contributed by atoms with Crippen LogP contribution < -0.4 is 4.90 Å². The molecule has 19 heavy (non-hydrogen) atoms. The molecule has 1 aliphatic rings. The Balaban J connectivity index is 1.89. The quantitative estimate of drug-likeness (QED) is 0.824. The van der Waals surface area contributed by atoms with Gasteiger partial charge >= 0.3 is 0 Å². The molecule has 1 aromatic heterocycles. The third-order valence-corrected chi connectivity index (χ3v) is 4.22. The molecule has 1 aliphatic heterocycles. The maximum Gasteiger partial charge on any atom is 0.185 e. The van der Waals surface area contributed by atoms with Crippen LogP contribution in [-0.4, -0.2) is 18.1 Å². The van der Waals surface area contributed by atoms with Crippen LogP contribution in [0.4, 0.5) is 13.9 Å². The summed E-state index contributed by atoms with van der Waals surface area (Å²) in [5.74, 6) is -0.874. The van der Waals surface area contributed by atoms with E-state index in [2.05, 4.69) is 9.88 Å². The highest BCUT2D eigenvalue weighted by Gasteiger charge is 2.16. The molecular formula is C14H14F2N2S. The Labute approximate surface area is 114 Å². The Bertz CT molecular complexity index is 577. The third kappa shape index (κ3) is 2.61. The summed E-state index contributed by atoms with van der Waals surface area (Å²) in [6.07, 6.45) is 3.60. The molecule has 1 fully saturated rings. The van der Waals surface area contributed by atoms with Gasteiger partial charge in [-0.25, -0.2) is 13.8 Å². The van der Waals surface area contributed by atoms with Crippen molar-refractivity contribution in [3.8, 4) is 11.3 Å². The Morgan fingerprint density at radius 3 is 2.68 bits per heavy atom. The third-order valence-electron chi connectivity index (χ3n) is 3.32. The molecule has 0 saturated carbocycles. The van der Waals surface area contributed by atoms with Gasteiger partial charge in [-0.15, -0.1) is 11.3 Å². The Morgan fingerprint density at radius 2 is 1.89 bits per heavy atom. The highest BCUT2D eigenvalue weighted by Crippen LogP contribution is 2.30. The van der Waals surface area contributed by atoms with Gasteiger partial charge < -0.3 is 4.90 Å². The average molecular weight is 280 g/mol. The molecule has 0 atom stereocenters. The maximum atomic E-state index is 13.7. The van der Waals surface area contributed by atoms with Crippen molar-refractivity contribution in [2.75, 3.05) is 18.0 Å². The summed E-state index contributed by atoms with van der Waals surface area (Å²) < 4.78 is 26.9. The molecule has 1 saturated heterocycles. The number of aromatic nitrogens is 1. The number of anilines is 1. The average Bonchev–Trinajstić information content (AvgIpc) is 2.92. The highest BCUT2D eigenvalue weighted by molar-refractivity contribution is 7.14. The second kappa shape index (κ2) is 5.25. The lowest BCUT2D eigenvalue weighted by atomic mass is 10.1. The molecule has 1 aromatic carbocycles. The minimum atomic E-state index is -0.441. The van der Waals surface area contributed by atoms with Gasteiger partial charge in [-0.3, -0.25) is 0 Å². The fourth-order valence-electron chi connectivity index (χ4n) is 2.31. The molecule has 0 aliphatic carbocycles. The number of rotatable bonds is 2. The first-order valence-electron chi connectivity index (χ1n) is 6.40. The molecule has 0 unspecified atom stereocenters. The zero-order valence-electron chi connectivity index (χ0n) is 10.4. The van der Waals surface area contributed by atoms with E-state index in [-0.39, 0.29) is 5.56 Å². The smallest absolute Gasteiger partial charge is 0.185 e. The van der Waals surface area contributed by atoms with Crippen molar-refractivity contribution in [2.24, 2.45) is 0 Å². The maximum absolute atomic E-state index is 13.7. The second-order valence-corrected chi connectivity index (χ2v) is 5.52. The lowest BCUT2D eigenvalue weighted by Crippen LogP contribution is -2.29. The SMILES string of the molecule is Fc1ccc(F)c(-c2csc(N3CCCCC3)n2)c1. The largest absolute Gasteiger partial charge is 0.348 e. The number of benzene rings is 1. The standard InChI is InChI=1S/C14H14F2N2S/c15-10-4-5-12(16)11(8-10)13-9-19-14(17-13)18-6-2-1-3-7-18/h4-5,8-9H,1-3,6-7H2. The molecule has 2 nitrogen and oxygen atoms in total. The summed E-state index contributed by atoms with van der Waals surface area (Å²) in [6, 6.07) is 3.46. The van der Waals surface area contributed by atoms with E-state index >= 15 is 0 Å². The molecule has 2 heterocycles.